The molecule has 0 aromatic carbocycles. The number of aromatic carboxylic acids is 1. The zero-order valence-corrected chi connectivity index (χ0v) is 8.41. The topological polar surface area (TPSA) is 72.3 Å². The maximum Gasteiger partial charge on any atom is 0.355 e. The van der Waals surface area contributed by atoms with Gasteiger partial charge in [0.1, 0.15) is 6.61 Å². The van der Waals surface area contributed by atoms with Gasteiger partial charge in [-0.1, -0.05) is 0 Å². The molecule has 0 aliphatic rings. The number of aromatic nitrogens is 2. The number of hydrogen-bond acceptors (Lipinski definition) is 4. The lowest BCUT2D eigenvalue weighted by molar-refractivity contribution is 0.0688. The number of hydrogen-bond donors (Lipinski definition) is 1. The monoisotopic (exact) mass is 246 g/mol. The van der Waals surface area contributed by atoms with Crippen LogP contribution >= 0.6 is 15.9 Å². The van der Waals surface area contributed by atoms with E-state index in [1.54, 1.807) is 0 Å². The van der Waals surface area contributed by atoms with E-state index in [9.17, 15) is 4.79 Å². The molecule has 13 heavy (non-hydrogen) atoms. The molecule has 0 spiro atoms. The molecule has 70 valence electrons. The zero-order chi connectivity index (χ0) is 9.84. The summed E-state index contributed by atoms with van der Waals surface area (Å²) in [7, 11) is 1.49. The third-order valence-corrected chi connectivity index (χ3v) is 1.85. The smallest absolute Gasteiger partial charge is 0.355 e. The molecule has 0 fully saturated rings. The van der Waals surface area contributed by atoms with E-state index in [-0.39, 0.29) is 12.3 Å². The molecule has 0 aliphatic heterocycles. The Labute approximate surface area is 82.9 Å². The van der Waals surface area contributed by atoms with Crippen molar-refractivity contribution in [2.24, 2.45) is 0 Å². The lowest BCUT2D eigenvalue weighted by Crippen LogP contribution is -2.06. The molecule has 0 atom stereocenters. The number of carboxylic acids is 1. The average Bonchev–Trinajstić information content (AvgIpc) is 2.08. The summed E-state index contributed by atoms with van der Waals surface area (Å²) in [5.41, 5.74) is -0.0537. The van der Waals surface area contributed by atoms with Gasteiger partial charge < -0.3 is 9.84 Å². The first-order valence-corrected chi connectivity index (χ1v) is 4.18. The lowest BCUT2D eigenvalue weighted by Gasteiger charge is -2.00. The minimum Gasteiger partial charge on any atom is -0.476 e. The van der Waals surface area contributed by atoms with Crippen LogP contribution in [0.5, 0.6) is 0 Å². The minimum atomic E-state index is -1.09. The predicted octanol–water partition coefficient (Wildman–Crippen LogP) is 1.08. The Morgan fingerprint density at radius 1 is 1.77 bits per heavy atom. The lowest BCUT2D eigenvalue weighted by atomic mass is 10.4. The van der Waals surface area contributed by atoms with Gasteiger partial charge in [-0.25, -0.2) is 14.8 Å². The first-order valence-electron chi connectivity index (χ1n) is 3.38. The number of rotatable bonds is 3. The highest BCUT2D eigenvalue weighted by Crippen LogP contribution is 2.13. The van der Waals surface area contributed by atoms with E-state index in [4.69, 9.17) is 9.84 Å². The molecule has 1 aromatic rings. The molecule has 0 radical (unpaired) electrons. The van der Waals surface area contributed by atoms with Crippen LogP contribution in [0, 0.1) is 0 Å². The van der Waals surface area contributed by atoms with Crippen molar-refractivity contribution >= 4 is 21.9 Å². The second-order valence-corrected chi connectivity index (χ2v) is 3.08. The third-order valence-electron chi connectivity index (χ3n) is 1.27. The summed E-state index contributed by atoms with van der Waals surface area (Å²) in [6, 6.07) is 0. The summed E-state index contributed by atoms with van der Waals surface area (Å²) in [4.78, 5) is 18.3. The molecule has 1 rings (SSSR count). The Morgan fingerprint density at radius 3 is 3.00 bits per heavy atom. The number of nitrogens with zero attached hydrogens (tertiary/aromatic N) is 2. The molecular formula is C7H7BrN2O3. The van der Waals surface area contributed by atoms with Crippen molar-refractivity contribution in [2.45, 2.75) is 6.61 Å². The molecule has 0 unspecified atom stereocenters. The van der Waals surface area contributed by atoms with Crippen LogP contribution in [0.15, 0.2) is 10.7 Å². The van der Waals surface area contributed by atoms with Gasteiger partial charge >= 0.3 is 5.97 Å². The molecule has 0 amide bonds. The summed E-state index contributed by atoms with van der Waals surface area (Å²) < 4.78 is 5.13. The Balaban J connectivity index is 3.04. The van der Waals surface area contributed by atoms with Crippen molar-refractivity contribution in [3.63, 3.8) is 0 Å². The number of methoxy groups -OCH3 is 1. The van der Waals surface area contributed by atoms with Crippen LogP contribution in [-0.2, 0) is 11.3 Å². The van der Waals surface area contributed by atoms with Gasteiger partial charge in [0.15, 0.2) is 11.5 Å². The van der Waals surface area contributed by atoms with Gasteiger partial charge in [0.2, 0.25) is 0 Å². The second-order valence-electron chi connectivity index (χ2n) is 2.22. The van der Waals surface area contributed by atoms with E-state index >= 15 is 0 Å². The Hall–Kier alpha value is -1.01. The number of carboxylic acid groups (broad SMARTS) is 1. The van der Waals surface area contributed by atoms with Crippen LogP contribution in [0.4, 0.5) is 0 Å². The summed E-state index contributed by atoms with van der Waals surface area (Å²) in [5.74, 6) is -0.741. The highest BCUT2D eigenvalue weighted by Gasteiger charge is 2.11. The molecule has 0 saturated heterocycles. The first kappa shape index (κ1) is 10.1. The van der Waals surface area contributed by atoms with Gasteiger partial charge in [0.05, 0.1) is 4.47 Å². The summed E-state index contributed by atoms with van der Waals surface area (Å²) in [6.07, 6.45) is 1.39. The standard InChI is InChI=1S/C7H7BrN2O3/c1-13-3-5-9-2-4(8)6(10-5)7(11)12/h2H,3H2,1H3,(H,11,12). The van der Waals surface area contributed by atoms with Crippen molar-refractivity contribution in [1.29, 1.82) is 0 Å². The molecule has 0 aliphatic carbocycles. The molecule has 6 heteroatoms. The molecule has 0 saturated carbocycles. The van der Waals surface area contributed by atoms with E-state index in [2.05, 4.69) is 25.9 Å². The van der Waals surface area contributed by atoms with Crippen LogP contribution in [0.2, 0.25) is 0 Å². The highest BCUT2D eigenvalue weighted by molar-refractivity contribution is 9.10. The van der Waals surface area contributed by atoms with Gasteiger partial charge in [-0.3, -0.25) is 0 Å². The number of carbonyl (C=O) groups is 1. The summed E-state index contributed by atoms with van der Waals surface area (Å²) in [6.45, 7) is 0.202. The molecule has 5 nitrogen and oxygen atoms in total. The van der Waals surface area contributed by atoms with Crippen molar-refractivity contribution in [2.75, 3.05) is 7.11 Å². The van der Waals surface area contributed by atoms with Crippen LogP contribution < -0.4 is 0 Å². The normalized spacial score (nSPS) is 10.0. The van der Waals surface area contributed by atoms with Crippen LogP contribution in [-0.4, -0.2) is 28.2 Å². The van der Waals surface area contributed by atoms with Gasteiger partial charge in [0, 0.05) is 13.3 Å². The van der Waals surface area contributed by atoms with Gasteiger partial charge in [-0.2, -0.15) is 0 Å². The molecule has 1 N–H and O–H groups in total. The van der Waals surface area contributed by atoms with E-state index in [0.717, 1.165) is 0 Å². The van der Waals surface area contributed by atoms with Crippen LogP contribution in [0.1, 0.15) is 16.3 Å². The Bertz CT molecular complexity index is 330. The zero-order valence-electron chi connectivity index (χ0n) is 6.82. The number of halogens is 1. The van der Waals surface area contributed by atoms with Crippen molar-refractivity contribution in [1.82, 2.24) is 9.97 Å². The Kier molecular flexibility index (Phi) is 3.32. The van der Waals surface area contributed by atoms with Crippen molar-refractivity contribution < 1.29 is 14.6 Å². The fourth-order valence-corrected chi connectivity index (χ4v) is 1.11. The van der Waals surface area contributed by atoms with Gasteiger partial charge in [-0.05, 0) is 15.9 Å². The SMILES string of the molecule is COCc1ncc(Br)c(C(=O)O)n1. The fraction of sp³-hybridized carbons (Fsp3) is 0.286. The second kappa shape index (κ2) is 4.29. The van der Waals surface area contributed by atoms with E-state index in [1.165, 1.54) is 13.3 Å². The summed E-state index contributed by atoms with van der Waals surface area (Å²) in [5, 5.41) is 8.70. The van der Waals surface area contributed by atoms with Gasteiger partial charge in [0.25, 0.3) is 0 Å². The molecule has 1 aromatic heterocycles. The van der Waals surface area contributed by atoms with Crippen molar-refractivity contribution in [3.05, 3.63) is 22.2 Å². The quantitative estimate of drug-likeness (QED) is 0.865. The summed E-state index contributed by atoms with van der Waals surface area (Å²) >= 11 is 3.04. The maximum absolute atomic E-state index is 10.6. The number of ether oxygens (including phenoxy) is 1. The first-order chi connectivity index (χ1) is 6.15. The Morgan fingerprint density at radius 2 is 2.46 bits per heavy atom. The molecular weight excluding hydrogens is 240 g/mol. The minimum absolute atomic E-state index is 0.0537. The molecule has 1 heterocycles. The third kappa shape index (κ3) is 2.46. The fourth-order valence-electron chi connectivity index (χ4n) is 0.752. The van der Waals surface area contributed by atoms with E-state index in [0.29, 0.717) is 10.3 Å². The molecule has 0 bridgehead atoms. The van der Waals surface area contributed by atoms with Gasteiger partial charge in [-0.15, -0.1) is 0 Å². The largest absolute Gasteiger partial charge is 0.476 e. The maximum atomic E-state index is 10.6. The predicted molar refractivity (Wildman–Crippen MR) is 47.4 cm³/mol. The van der Waals surface area contributed by atoms with Crippen LogP contribution in [0.3, 0.4) is 0 Å². The van der Waals surface area contributed by atoms with Crippen LogP contribution in [0.25, 0.3) is 0 Å². The van der Waals surface area contributed by atoms with E-state index in [1.807, 2.05) is 0 Å². The average molecular weight is 247 g/mol. The van der Waals surface area contributed by atoms with Crippen molar-refractivity contribution in [3.8, 4) is 0 Å². The van der Waals surface area contributed by atoms with E-state index < -0.39 is 5.97 Å². The highest BCUT2D eigenvalue weighted by atomic mass is 79.9.